The highest BCUT2D eigenvalue weighted by Crippen LogP contribution is 2.29. The number of anilines is 2. The van der Waals surface area contributed by atoms with Crippen molar-refractivity contribution in [1.82, 2.24) is 4.98 Å². The summed E-state index contributed by atoms with van der Waals surface area (Å²) in [5.74, 6) is 0.677. The van der Waals surface area contributed by atoms with Gasteiger partial charge >= 0.3 is 0 Å². The van der Waals surface area contributed by atoms with Crippen molar-refractivity contribution in [1.29, 1.82) is 0 Å². The topological polar surface area (TPSA) is 24.9 Å². The van der Waals surface area contributed by atoms with Crippen LogP contribution in [0.25, 0.3) is 21.7 Å². The minimum absolute atomic E-state index is 0.677. The summed E-state index contributed by atoms with van der Waals surface area (Å²) in [7, 11) is 0. The van der Waals surface area contributed by atoms with Crippen molar-refractivity contribution in [3.05, 3.63) is 78.5 Å². The normalized spacial score (nSPS) is 11.3. The molecule has 0 fully saturated rings. The van der Waals surface area contributed by atoms with Crippen molar-refractivity contribution >= 4 is 33.1 Å². The van der Waals surface area contributed by atoms with Crippen molar-refractivity contribution in [2.45, 2.75) is 20.3 Å². The molecule has 0 aliphatic heterocycles. The molecule has 2 nitrogen and oxygen atoms in total. The van der Waals surface area contributed by atoms with Crippen LogP contribution in [0.15, 0.2) is 72.9 Å². The number of fused-ring (bicyclic) bond motifs is 2. The van der Waals surface area contributed by atoms with E-state index in [9.17, 15) is 0 Å². The van der Waals surface area contributed by atoms with E-state index in [2.05, 4.69) is 84.8 Å². The highest BCUT2D eigenvalue weighted by molar-refractivity contribution is 6.02. The molecule has 0 amide bonds. The Kier molecular flexibility index (Phi) is 4.10. The molecule has 4 rings (SSSR count). The molecule has 25 heavy (non-hydrogen) atoms. The Morgan fingerprint density at radius 2 is 1.60 bits per heavy atom. The van der Waals surface area contributed by atoms with Crippen molar-refractivity contribution in [2.75, 3.05) is 5.32 Å². The number of benzene rings is 3. The lowest BCUT2D eigenvalue weighted by Gasteiger charge is -2.12. The molecule has 0 radical (unpaired) electrons. The average molecular weight is 326 g/mol. The highest BCUT2D eigenvalue weighted by atomic mass is 14.9. The molecule has 0 saturated heterocycles. The van der Waals surface area contributed by atoms with Crippen LogP contribution in [0.3, 0.4) is 0 Å². The van der Waals surface area contributed by atoms with Gasteiger partial charge in [0.25, 0.3) is 0 Å². The van der Waals surface area contributed by atoms with Gasteiger partial charge in [-0.1, -0.05) is 50.2 Å². The SMILES string of the molecule is CC(C)Cc1ccc(Nc2ccnc3cc4ccccc4cc23)cc1. The van der Waals surface area contributed by atoms with Crippen molar-refractivity contribution < 1.29 is 0 Å². The predicted molar refractivity (Wildman–Crippen MR) is 108 cm³/mol. The number of hydrogen-bond acceptors (Lipinski definition) is 2. The minimum atomic E-state index is 0.677. The van der Waals surface area contributed by atoms with Crippen molar-refractivity contribution in [3.8, 4) is 0 Å². The fourth-order valence-electron chi connectivity index (χ4n) is 3.29. The Bertz CT molecular complexity index is 1020. The lowest BCUT2D eigenvalue weighted by atomic mass is 10.0. The van der Waals surface area contributed by atoms with E-state index in [1.807, 2.05) is 12.3 Å². The van der Waals surface area contributed by atoms with Gasteiger partial charge in [-0.3, -0.25) is 4.98 Å². The Balaban J connectivity index is 1.70. The Labute approximate surface area is 148 Å². The minimum Gasteiger partial charge on any atom is -0.355 e. The molecule has 4 aromatic rings. The molecule has 1 heterocycles. The van der Waals surface area contributed by atoms with Gasteiger partial charge in [0.15, 0.2) is 0 Å². The van der Waals surface area contributed by atoms with Gasteiger partial charge in [-0.2, -0.15) is 0 Å². The number of rotatable bonds is 4. The Morgan fingerprint density at radius 1 is 0.880 bits per heavy atom. The molecule has 0 saturated carbocycles. The van der Waals surface area contributed by atoms with Crippen LogP contribution in [-0.2, 0) is 6.42 Å². The molecule has 1 N–H and O–H groups in total. The molecule has 0 unspecified atom stereocenters. The van der Waals surface area contributed by atoms with E-state index in [1.54, 1.807) is 0 Å². The van der Waals surface area contributed by atoms with Gasteiger partial charge in [-0.15, -0.1) is 0 Å². The molecule has 124 valence electrons. The zero-order valence-corrected chi connectivity index (χ0v) is 14.7. The smallest absolute Gasteiger partial charge is 0.0729 e. The Hall–Kier alpha value is -2.87. The zero-order chi connectivity index (χ0) is 17.2. The molecule has 0 aliphatic rings. The summed E-state index contributed by atoms with van der Waals surface area (Å²) >= 11 is 0. The first-order valence-corrected chi connectivity index (χ1v) is 8.82. The summed E-state index contributed by atoms with van der Waals surface area (Å²) < 4.78 is 0. The van der Waals surface area contributed by atoms with E-state index < -0.39 is 0 Å². The standard InChI is InChI=1S/C23H22N2/c1-16(2)13-17-7-9-20(10-8-17)25-22-11-12-24-23-15-19-6-4-3-5-18(19)14-21(22)23/h3-12,14-16H,13H2,1-2H3,(H,24,25). The third kappa shape index (κ3) is 3.34. The van der Waals surface area contributed by atoms with Crippen molar-refractivity contribution in [2.24, 2.45) is 5.92 Å². The fourth-order valence-corrected chi connectivity index (χ4v) is 3.29. The van der Waals surface area contributed by atoms with E-state index in [1.165, 1.54) is 16.3 Å². The summed E-state index contributed by atoms with van der Waals surface area (Å²) in [5, 5.41) is 7.15. The van der Waals surface area contributed by atoms with Crippen LogP contribution in [0, 0.1) is 5.92 Å². The van der Waals surface area contributed by atoms with E-state index in [0.29, 0.717) is 5.92 Å². The maximum atomic E-state index is 4.54. The first-order valence-electron chi connectivity index (χ1n) is 8.82. The highest BCUT2D eigenvalue weighted by Gasteiger charge is 2.05. The number of pyridine rings is 1. The summed E-state index contributed by atoms with van der Waals surface area (Å²) in [6.45, 7) is 4.50. The van der Waals surface area contributed by atoms with Crippen LogP contribution in [0.4, 0.5) is 11.4 Å². The zero-order valence-electron chi connectivity index (χ0n) is 14.7. The third-order valence-corrected chi connectivity index (χ3v) is 4.49. The van der Waals surface area contributed by atoms with Gasteiger partial charge in [0.1, 0.15) is 0 Å². The van der Waals surface area contributed by atoms with Crippen LogP contribution in [0.2, 0.25) is 0 Å². The molecule has 0 atom stereocenters. The second-order valence-electron chi connectivity index (χ2n) is 6.99. The van der Waals surface area contributed by atoms with Gasteiger partial charge in [0.2, 0.25) is 0 Å². The lowest BCUT2D eigenvalue weighted by Crippen LogP contribution is -1.96. The van der Waals surface area contributed by atoms with Gasteiger partial charge < -0.3 is 5.32 Å². The summed E-state index contributed by atoms with van der Waals surface area (Å²) in [6.07, 6.45) is 2.98. The average Bonchev–Trinajstić information content (AvgIpc) is 2.62. The molecular weight excluding hydrogens is 304 g/mol. The second-order valence-corrected chi connectivity index (χ2v) is 6.99. The van der Waals surface area contributed by atoms with Gasteiger partial charge in [0.05, 0.1) is 5.52 Å². The van der Waals surface area contributed by atoms with Crippen LogP contribution in [0.1, 0.15) is 19.4 Å². The molecule has 0 aliphatic carbocycles. The number of nitrogens with one attached hydrogen (secondary N) is 1. The first-order chi connectivity index (χ1) is 12.2. The quantitative estimate of drug-likeness (QED) is 0.443. The Morgan fingerprint density at radius 3 is 2.32 bits per heavy atom. The maximum absolute atomic E-state index is 4.54. The summed E-state index contributed by atoms with van der Waals surface area (Å²) in [4.78, 5) is 4.54. The molecule has 0 bridgehead atoms. The van der Waals surface area contributed by atoms with E-state index in [-0.39, 0.29) is 0 Å². The monoisotopic (exact) mass is 326 g/mol. The van der Waals surface area contributed by atoms with E-state index >= 15 is 0 Å². The summed E-state index contributed by atoms with van der Waals surface area (Å²) in [6, 6.07) is 23.6. The van der Waals surface area contributed by atoms with Gasteiger partial charge in [-0.05, 0) is 59.0 Å². The van der Waals surface area contributed by atoms with Gasteiger partial charge in [-0.25, -0.2) is 0 Å². The number of aromatic nitrogens is 1. The third-order valence-electron chi connectivity index (χ3n) is 4.49. The first kappa shape index (κ1) is 15.6. The fraction of sp³-hybridized carbons (Fsp3) is 0.174. The molecule has 2 heteroatoms. The van der Waals surface area contributed by atoms with Crippen LogP contribution >= 0.6 is 0 Å². The van der Waals surface area contributed by atoms with Crippen LogP contribution < -0.4 is 5.32 Å². The molecular formula is C23H22N2. The number of nitrogens with zero attached hydrogens (tertiary/aromatic N) is 1. The largest absolute Gasteiger partial charge is 0.355 e. The predicted octanol–water partition coefficient (Wildman–Crippen LogP) is 6.33. The number of hydrogen-bond donors (Lipinski definition) is 1. The second kappa shape index (κ2) is 6.56. The van der Waals surface area contributed by atoms with Gasteiger partial charge in [0, 0.05) is 23.0 Å². The van der Waals surface area contributed by atoms with E-state index in [4.69, 9.17) is 0 Å². The molecule has 1 aromatic heterocycles. The lowest BCUT2D eigenvalue weighted by molar-refractivity contribution is 0.647. The van der Waals surface area contributed by atoms with Crippen LogP contribution in [0.5, 0.6) is 0 Å². The van der Waals surface area contributed by atoms with Crippen LogP contribution in [-0.4, -0.2) is 4.98 Å². The van der Waals surface area contributed by atoms with E-state index in [0.717, 1.165) is 28.7 Å². The maximum Gasteiger partial charge on any atom is 0.0729 e. The molecule has 3 aromatic carbocycles. The van der Waals surface area contributed by atoms with Crippen molar-refractivity contribution in [3.63, 3.8) is 0 Å². The summed E-state index contributed by atoms with van der Waals surface area (Å²) in [5.41, 5.74) is 4.59. The molecule has 0 spiro atoms.